The molecule has 4 heteroatoms. The maximum Gasteiger partial charge on any atom is 0.303 e. The molecule has 0 aliphatic heterocycles. The van der Waals surface area contributed by atoms with Crippen LogP contribution in [0.25, 0.3) is 0 Å². The highest BCUT2D eigenvalue weighted by molar-refractivity contribution is 5.77. The van der Waals surface area contributed by atoms with Crippen molar-refractivity contribution in [2.75, 3.05) is 6.54 Å². The molecule has 0 unspecified atom stereocenters. The van der Waals surface area contributed by atoms with Crippen LogP contribution >= 0.6 is 0 Å². The first-order valence-electron chi connectivity index (χ1n) is 6.96. The molecule has 0 heterocycles. The van der Waals surface area contributed by atoms with Crippen LogP contribution in [0.2, 0.25) is 0 Å². The lowest BCUT2D eigenvalue weighted by Gasteiger charge is -2.24. The molecule has 1 amide bonds. The molecule has 2 N–H and O–H groups in total. The van der Waals surface area contributed by atoms with Crippen molar-refractivity contribution in [3.8, 4) is 0 Å². The monoisotopic (exact) mass is 277 g/mol. The molecular weight excluding hydrogens is 254 g/mol. The van der Waals surface area contributed by atoms with E-state index in [1.165, 1.54) is 0 Å². The number of hydrogen-bond acceptors (Lipinski definition) is 2. The summed E-state index contributed by atoms with van der Waals surface area (Å²) in [6.45, 7) is 4.63. The second kappa shape index (κ2) is 7.68. The smallest absolute Gasteiger partial charge is 0.303 e. The second-order valence-electron chi connectivity index (χ2n) is 5.63. The van der Waals surface area contributed by atoms with Crippen LogP contribution < -0.4 is 5.32 Å². The molecule has 0 saturated carbocycles. The summed E-state index contributed by atoms with van der Waals surface area (Å²) in [7, 11) is 0. The number of aliphatic carboxylic acids is 1. The Morgan fingerprint density at radius 2 is 1.80 bits per heavy atom. The molecule has 0 aliphatic carbocycles. The highest BCUT2D eigenvalue weighted by Crippen LogP contribution is 2.26. The first-order chi connectivity index (χ1) is 9.42. The first-order valence-corrected chi connectivity index (χ1v) is 6.96. The van der Waals surface area contributed by atoms with E-state index in [9.17, 15) is 9.59 Å². The Morgan fingerprint density at radius 1 is 1.15 bits per heavy atom. The number of unbranched alkanes of at least 4 members (excludes halogenated alkanes) is 1. The van der Waals surface area contributed by atoms with Crippen LogP contribution in [0.4, 0.5) is 0 Å². The van der Waals surface area contributed by atoms with Gasteiger partial charge in [-0.3, -0.25) is 9.59 Å². The van der Waals surface area contributed by atoms with Crippen LogP contribution in [-0.2, 0) is 15.0 Å². The lowest BCUT2D eigenvalue weighted by molar-refractivity contribution is -0.137. The highest BCUT2D eigenvalue weighted by atomic mass is 16.4. The van der Waals surface area contributed by atoms with Crippen LogP contribution in [0.3, 0.4) is 0 Å². The van der Waals surface area contributed by atoms with Gasteiger partial charge >= 0.3 is 5.97 Å². The predicted octanol–water partition coefficient (Wildman–Crippen LogP) is 2.73. The summed E-state index contributed by atoms with van der Waals surface area (Å²) in [6, 6.07) is 9.96. The van der Waals surface area contributed by atoms with Gasteiger partial charge in [0, 0.05) is 19.4 Å². The van der Waals surface area contributed by atoms with E-state index in [0.29, 0.717) is 25.8 Å². The van der Waals surface area contributed by atoms with E-state index in [4.69, 9.17) is 5.11 Å². The van der Waals surface area contributed by atoms with Crippen molar-refractivity contribution < 1.29 is 14.7 Å². The molecule has 1 aromatic carbocycles. The van der Waals surface area contributed by atoms with E-state index in [1.54, 1.807) is 0 Å². The number of hydrogen-bond donors (Lipinski definition) is 2. The molecule has 0 fully saturated rings. The lowest BCUT2D eigenvalue weighted by Crippen LogP contribution is -2.31. The zero-order valence-corrected chi connectivity index (χ0v) is 12.2. The zero-order valence-electron chi connectivity index (χ0n) is 12.2. The van der Waals surface area contributed by atoms with E-state index < -0.39 is 5.97 Å². The summed E-state index contributed by atoms with van der Waals surface area (Å²) in [5, 5.41) is 11.4. The molecule has 110 valence electrons. The normalized spacial score (nSPS) is 11.1. The molecule has 0 radical (unpaired) electrons. The zero-order chi connectivity index (χ0) is 15.0. The second-order valence-corrected chi connectivity index (χ2v) is 5.63. The molecule has 0 spiro atoms. The Balaban J connectivity index is 2.33. The Bertz CT molecular complexity index is 440. The molecule has 4 nitrogen and oxygen atoms in total. The van der Waals surface area contributed by atoms with Crippen LogP contribution in [0.5, 0.6) is 0 Å². The quantitative estimate of drug-likeness (QED) is 0.718. The number of carboxylic acid groups (broad SMARTS) is 1. The number of carbonyl (C=O) groups is 2. The average molecular weight is 277 g/mol. The third-order valence-electron chi connectivity index (χ3n) is 3.30. The molecular formula is C16H23NO3. The minimum atomic E-state index is -0.790. The summed E-state index contributed by atoms with van der Waals surface area (Å²) in [6.07, 6.45) is 1.88. The highest BCUT2D eigenvalue weighted by Gasteiger charge is 2.23. The van der Waals surface area contributed by atoms with Crippen molar-refractivity contribution in [1.29, 1.82) is 0 Å². The van der Waals surface area contributed by atoms with Crippen LogP contribution in [-0.4, -0.2) is 23.5 Å². The fourth-order valence-corrected chi connectivity index (χ4v) is 2.08. The molecule has 0 aromatic heterocycles. The van der Waals surface area contributed by atoms with Crippen LogP contribution in [0.15, 0.2) is 30.3 Å². The molecule has 20 heavy (non-hydrogen) atoms. The van der Waals surface area contributed by atoms with Crippen molar-refractivity contribution in [2.24, 2.45) is 0 Å². The summed E-state index contributed by atoms with van der Waals surface area (Å²) in [4.78, 5) is 22.3. The average Bonchev–Trinajstić information content (AvgIpc) is 2.38. The number of carboxylic acids is 1. The van der Waals surface area contributed by atoms with Crippen molar-refractivity contribution in [2.45, 2.75) is 44.9 Å². The van der Waals surface area contributed by atoms with E-state index in [0.717, 1.165) is 5.56 Å². The Morgan fingerprint density at radius 3 is 2.40 bits per heavy atom. The number of nitrogens with one attached hydrogen (secondary N) is 1. The number of carbonyl (C=O) groups excluding carboxylic acids is 1. The van der Waals surface area contributed by atoms with Gasteiger partial charge in [0.2, 0.25) is 5.91 Å². The fourth-order valence-electron chi connectivity index (χ4n) is 2.08. The maximum atomic E-state index is 11.9. The summed E-state index contributed by atoms with van der Waals surface area (Å²) >= 11 is 0. The van der Waals surface area contributed by atoms with Crippen molar-refractivity contribution in [3.05, 3.63) is 35.9 Å². The SMILES string of the molecule is CC(C)(CC(=O)NCCCCC(=O)O)c1ccccc1. The summed E-state index contributed by atoms with van der Waals surface area (Å²) < 4.78 is 0. The summed E-state index contributed by atoms with van der Waals surface area (Å²) in [5.74, 6) is -0.782. The minimum Gasteiger partial charge on any atom is -0.481 e. The summed E-state index contributed by atoms with van der Waals surface area (Å²) in [5.41, 5.74) is 0.938. The van der Waals surface area contributed by atoms with Gasteiger partial charge < -0.3 is 10.4 Å². The van der Waals surface area contributed by atoms with Gasteiger partial charge in [-0.15, -0.1) is 0 Å². The predicted molar refractivity (Wildman–Crippen MR) is 78.6 cm³/mol. The van der Waals surface area contributed by atoms with Gasteiger partial charge in [-0.1, -0.05) is 44.2 Å². The Labute approximate surface area is 120 Å². The standard InChI is InChI=1S/C16H23NO3/c1-16(2,13-8-4-3-5-9-13)12-14(18)17-11-7-6-10-15(19)20/h3-5,8-9H,6-7,10-12H2,1-2H3,(H,17,18)(H,19,20). The fraction of sp³-hybridized carbons (Fsp3) is 0.500. The Hall–Kier alpha value is -1.84. The van der Waals surface area contributed by atoms with E-state index in [-0.39, 0.29) is 17.7 Å². The van der Waals surface area contributed by atoms with Gasteiger partial charge in [-0.25, -0.2) is 0 Å². The molecule has 1 rings (SSSR count). The van der Waals surface area contributed by atoms with Crippen LogP contribution in [0.1, 0.15) is 45.1 Å². The molecule has 0 saturated heterocycles. The first kappa shape index (κ1) is 16.2. The Kier molecular flexibility index (Phi) is 6.22. The largest absolute Gasteiger partial charge is 0.481 e. The molecule has 0 bridgehead atoms. The maximum absolute atomic E-state index is 11.9. The third kappa shape index (κ3) is 5.87. The molecule has 0 aliphatic rings. The van der Waals surface area contributed by atoms with Gasteiger partial charge in [0.25, 0.3) is 0 Å². The van der Waals surface area contributed by atoms with Gasteiger partial charge in [0.15, 0.2) is 0 Å². The topological polar surface area (TPSA) is 66.4 Å². The molecule has 0 atom stereocenters. The van der Waals surface area contributed by atoms with E-state index >= 15 is 0 Å². The number of rotatable bonds is 8. The van der Waals surface area contributed by atoms with Gasteiger partial charge in [-0.05, 0) is 23.8 Å². The lowest BCUT2D eigenvalue weighted by atomic mass is 9.81. The van der Waals surface area contributed by atoms with Gasteiger partial charge in [-0.2, -0.15) is 0 Å². The number of benzene rings is 1. The van der Waals surface area contributed by atoms with Gasteiger partial charge in [0.05, 0.1) is 0 Å². The van der Waals surface area contributed by atoms with Gasteiger partial charge in [0.1, 0.15) is 0 Å². The van der Waals surface area contributed by atoms with Crippen LogP contribution in [0, 0.1) is 0 Å². The van der Waals surface area contributed by atoms with E-state index in [1.807, 2.05) is 44.2 Å². The van der Waals surface area contributed by atoms with Crippen molar-refractivity contribution >= 4 is 11.9 Å². The van der Waals surface area contributed by atoms with Crippen molar-refractivity contribution in [3.63, 3.8) is 0 Å². The van der Waals surface area contributed by atoms with Crippen molar-refractivity contribution in [1.82, 2.24) is 5.32 Å². The minimum absolute atomic E-state index is 0.00850. The van der Waals surface area contributed by atoms with E-state index in [2.05, 4.69) is 5.32 Å². The third-order valence-corrected chi connectivity index (χ3v) is 3.30. The number of amides is 1. The molecule has 1 aromatic rings.